The molecule has 0 aliphatic rings. The van der Waals surface area contributed by atoms with Crippen molar-refractivity contribution in [1.82, 2.24) is 9.73 Å². The van der Waals surface area contributed by atoms with E-state index in [0.29, 0.717) is 33.0 Å². The van der Waals surface area contributed by atoms with Crippen molar-refractivity contribution < 1.29 is 22.0 Å². The van der Waals surface area contributed by atoms with Crippen LogP contribution in [0, 0.1) is 11.6 Å². The molecule has 1 amide bonds. The van der Waals surface area contributed by atoms with Crippen LogP contribution in [-0.4, -0.2) is 24.3 Å². The van der Waals surface area contributed by atoms with Crippen molar-refractivity contribution in [3.8, 4) is 0 Å². The Balaban J connectivity index is 1.51. The molecule has 4 aromatic rings. The highest BCUT2D eigenvalue weighted by Gasteiger charge is 2.25. The largest absolute Gasteiger partial charge is 0.271 e. The van der Waals surface area contributed by atoms with Crippen LogP contribution in [0.4, 0.5) is 8.78 Å². The maximum Gasteiger partial charge on any atom is 0.271 e. The van der Waals surface area contributed by atoms with E-state index in [-0.39, 0.29) is 23.8 Å². The Bertz CT molecular complexity index is 1580. The summed E-state index contributed by atoms with van der Waals surface area (Å²) in [6, 6.07) is 23.6. The third kappa shape index (κ3) is 7.35. The molecule has 0 aromatic heterocycles. The van der Waals surface area contributed by atoms with Crippen molar-refractivity contribution in [3.63, 3.8) is 0 Å². The van der Waals surface area contributed by atoms with Gasteiger partial charge in [0.05, 0.1) is 10.6 Å². The number of hydrogen-bond donors (Lipinski definition) is 1. The summed E-state index contributed by atoms with van der Waals surface area (Å²) < 4.78 is 54.8. The van der Waals surface area contributed by atoms with Crippen LogP contribution in [-0.2, 0) is 23.1 Å². The Kier molecular flexibility index (Phi) is 8.86. The molecule has 0 heterocycles. The average molecular weight is 568 g/mol. The van der Waals surface area contributed by atoms with Gasteiger partial charge < -0.3 is 0 Å². The summed E-state index contributed by atoms with van der Waals surface area (Å²) >= 11 is 5.93. The van der Waals surface area contributed by atoms with Gasteiger partial charge in [-0.25, -0.2) is 22.6 Å². The van der Waals surface area contributed by atoms with Crippen LogP contribution in [0.5, 0.6) is 0 Å². The molecule has 0 bridgehead atoms. The first kappa shape index (κ1) is 28.1. The number of hydrogen-bond acceptors (Lipinski definition) is 4. The van der Waals surface area contributed by atoms with E-state index in [1.165, 1.54) is 65.0 Å². The second-order valence-electron chi connectivity index (χ2n) is 8.70. The number of sulfonamides is 1. The summed E-state index contributed by atoms with van der Waals surface area (Å²) in [5.41, 5.74) is 5.20. The molecule has 0 saturated carbocycles. The molecule has 0 aliphatic carbocycles. The van der Waals surface area contributed by atoms with E-state index in [2.05, 4.69) is 10.5 Å². The van der Waals surface area contributed by atoms with Crippen molar-refractivity contribution in [3.05, 3.63) is 136 Å². The number of rotatable bonds is 9. The highest BCUT2D eigenvalue weighted by atomic mass is 35.5. The fourth-order valence-electron chi connectivity index (χ4n) is 3.69. The van der Waals surface area contributed by atoms with Gasteiger partial charge in [0.25, 0.3) is 5.91 Å². The molecule has 0 aliphatic heterocycles. The van der Waals surface area contributed by atoms with Crippen molar-refractivity contribution in [1.29, 1.82) is 0 Å². The molecule has 4 rings (SSSR count). The SMILES string of the molecule is CC(=NNC(=O)c1ccc(CN(Cc2ccc(F)cc2)S(=O)(=O)c2ccc(Cl)cc2)cc1)c1ccc(F)cc1. The standard InChI is InChI=1S/C29H24ClF2N3O3S/c1-20(23-8-14-27(32)15-9-23)33-34-29(36)24-6-2-21(3-7-24)18-35(19-22-4-12-26(31)13-5-22)39(37,38)28-16-10-25(30)11-17-28/h2-17H,18-19H2,1H3,(H,34,36). The van der Waals surface area contributed by atoms with Gasteiger partial charge in [-0.2, -0.15) is 9.41 Å². The molecule has 4 aromatic carbocycles. The monoisotopic (exact) mass is 567 g/mol. The Hall–Kier alpha value is -3.92. The van der Waals surface area contributed by atoms with Crippen LogP contribution in [0.15, 0.2) is 107 Å². The van der Waals surface area contributed by atoms with E-state index in [4.69, 9.17) is 11.6 Å². The topological polar surface area (TPSA) is 78.8 Å². The molecule has 200 valence electrons. The van der Waals surface area contributed by atoms with Gasteiger partial charge in [-0.1, -0.05) is 48.0 Å². The third-order valence-electron chi connectivity index (χ3n) is 5.89. The number of benzene rings is 4. The van der Waals surface area contributed by atoms with Crippen molar-refractivity contribution in [2.75, 3.05) is 0 Å². The van der Waals surface area contributed by atoms with E-state index in [9.17, 15) is 22.0 Å². The molecule has 39 heavy (non-hydrogen) atoms. The lowest BCUT2D eigenvalue weighted by Crippen LogP contribution is -2.30. The second kappa shape index (κ2) is 12.3. The normalized spacial score (nSPS) is 12.0. The average Bonchev–Trinajstić information content (AvgIpc) is 2.93. The zero-order valence-corrected chi connectivity index (χ0v) is 22.4. The molecule has 6 nitrogen and oxygen atoms in total. The molecule has 0 spiro atoms. The molecule has 1 N–H and O–H groups in total. The summed E-state index contributed by atoms with van der Waals surface area (Å²) in [5, 5.41) is 4.47. The van der Waals surface area contributed by atoms with Crippen LogP contribution in [0.25, 0.3) is 0 Å². The first-order chi connectivity index (χ1) is 18.6. The molecule has 0 radical (unpaired) electrons. The Morgan fingerprint density at radius 1 is 0.769 bits per heavy atom. The van der Waals surface area contributed by atoms with Gasteiger partial charge in [-0.05, 0) is 84.3 Å². The molecule has 0 unspecified atom stereocenters. The number of carbonyl (C=O) groups is 1. The van der Waals surface area contributed by atoms with Gasteiger partial charge in [-0.3, -0.25) is 4.79 Å². The quantitative estimate of drug-likeness (QED) is 0.194. The highest BCUT2D eigenvalue weighted by Crippen LogP contribution is 2.23. The summed E-state index contributed by atoms with van der Waals surface area (Å²) in [6.45, 7) is 1.70. The number of carbonyl (C=O) groups excluding carboxylic acids is 1. The number of amides is 1. The number of nitrogens with one attached hydrogen (secondary N) is 1. The molecular weight excluding hydrogens is 544 g/mol. The summed E-state index contributed by atoms with van der Waals surface area (Å²) in [7, 11) is -3.94. The summed E-state index contributed by atoms with van der Waals surface area (Å²) in [6.07, 6.45) is 0. The van der Waals surface area contributed by atoms with E-state index >= 15 is 0 Å². The van der Waals surface area contributed by atoms with Crippen LogP contribution in [0.3, 0.4) is 0 Å². The molecule has 0 atom stereocenters. The maximum absolute atomic E-state index is 13.5. The highest BCUT2D eigenvalue weighted by molar-refractivity contribution is 7.89. The maximum atomic E-state index is 13.5. The molecule has 0 fully saturated rings. The Morgan fingerprint density at radius 2 is 1.23 bits per heavy atom. The van der Waals surface area contributed by atoms with E-state index in [0.717, 1.165) is 0 Å². The van der Waals surface area contributed by atoms with Crippen LogP contribution in [0.1, 0.15) is 34.0 Å². The van der Waals surface area contributed by atoms with E-state index < -0.39 is 21.7 Å². The third-order valence-corrected chi connectivity index (χ3v) is 7.94. The first-order valence-electron chi connectivity index (χ1n) is 11.8. The minimum absolute atomic E-state index is 0.00482. The predicted octanol–water partition coefficient (Wildman–Crippen LogP) is 6.16. The number of halogens is 3. The number of hydrazone groups is 1. The van der Waals surface area contributed by atoms with Gasteiger partial charge in [-0.15, -0.1) is 0 Å². The van der Waals surface area contributed by atoms with Gasteiger partial charge in [0.15, 0.2) is 0 Å². The van der Waals surface area contributed by atoms with Crippen molar-refractivity contribution in [2.24, 2.45) is 5.10 Å². The zero-order chi connectivity index (χ0) is 28.0. The van der Waals surface area contributed by atoms with Gasteiger partial charge in [0.2, 0.25) is 10.0 Å². The van der Waals surface area contributed by atoms with E-state index in [1.807, 2.05) is 0 Å². The fourth-order valence-corrected chi connectivity index (χ4v) is 5.24. The second-order valence-corrected chi connectivity index (χ2v) is 11.1. The van der Waals surface area contributed by atoms with Crippen LogP contribution in [0.2, 0.25) is 5.02 Å². The zero-order valence-electron chi connectivity index (χ0n) is 20.8. The van der Waals surface area contributed by atoms with Crippen molar-refractivity contribution >= 4 is 33.2 Å². The van der Waals surface area contributed by atoms with Gasteiger partial charge in [0.1, 0.15) is 11.6 Å². The molecule has 0 saturated heterocycles. The summed E-state index contributed by atoms with van der Waals surface area (Å²) in [4.78, 5) is 12.7. The van der Waals surface area contributed by atoms with Crippen molar-refractivity contribution in [2.45, 2.75) is 24.9 Å². The predicted molar refractivity (Wildman–Crippen MR) is 147 cm³/mol. The smallest absolute Gasteiger partial charge is 0.267 e. The minimum atomic E-state index is -3.94. The van der Waals surface area contributed by atoms with Gasteiger partial charge >= 0.3 is 0 Å². The summed E-state index contributed by atoms with van der Waals surface area (Å²) in [5.74, 6) is -1.25. The van der Waals surface area contributed by atoms with E-state index in [1.54, 1.807) is 43.3 Å². The number of nitrogens with zero attached hydrogens (tertiary/aromatic N) is 2. The lowest BCUT2D eigenvalue weighted by molar-refractivity contribution is 0.0954. The Morgan fingerprint density at radius 3 is 1.77 bits per heavy atom. The van der Waals surface area contributed by atoms with Crippen LogP contribution < -0.4 is 5.43 Å². The molecule has 10 heteroatoms. The van der Waals surface area contributed by atoms with Crippen LogP contribution >= 0.6 is 11.6 Å². The minimum Gasteiger partial charge on any atom is -0.267 e. The molecular formula is C29H24ClF2N3O3S. The lowest BCUT2D eigenvalue weighted by atomic mass is 10.1. The lowest BCUT2D eigenvalue weighted by Gasteiger charge is -2.23. The van der Waals surface area contributed by atoms with Gasteiger partial charge in [0, 0.05) is 23.7 Å². The Labute approximate surface area is 230 Å². The fraction of sp³-hybridized carbons (Fsp3) is 0.103. The first-order valence-corrected chi connectivity index (χ1v) is 13.6.